The first-order valence-corrected chi connectivity index (χ1v) is 18.6. The highest BCUT2D eigenvalue weighted by Crippen LogP contribution is 2.53. The number of allylic oxidation sites excluding steroid dienone is 1. The molecule has 8 aromatic carbocycles. The number of aromatic nitrogens is 1. The lowest BCUT2D eigenvalue weighted by Crippen LogP contribution is -2.24. The van der Waals surface area contributed by atoms with E-state index in [2.05, 4.69) is 162 Å². The lowest BCUT2D eigenvalue weighted by atomic mass is 9.99. The molecule has 2 aliphatic rings. The summed E-state index contributed by atoms with van der Waals surface area (Å²) in [5.41, 5.74) is 10.7. The standard InChI is InChI=1S/C50H33N3O2/c1-3-12-35(13-4-1)42-31-43(52-50(51-42)37-14-5-2-6-15-37)36-21-19-32(20-22-36)33-23-26-38(27-24-33)53-44-18-10-9-17-40(44)41-28-30-46-49(47(41)53)55-48-39-16-8-7-11-34(39)25-29-45(48)54-46/h1-31,50,52H. The Morgan fingerprint density at radius 1 is 0.473 bits per heavy atom. The fourth-order valence-corrected chi connectivity index (χ4v) is 7.99. The van der Waals surface area contributed by atoms with Gasteiger partial charge in [-0.1, -0.05) is 146 Å². The van der Waals surface area contributed by atoms with Gasteiger partial charge in [0.15, 0.2) is 23.0 Å². The topological polar surface area (TPSA) is 47.8 Å². The largest absolute Gasteiger partial charge is 0.449 e. The Morgan fingerprint density at radius 3 is 1.91 bits per heavy atom. The maximum atomic E-state index is 6.85. The van der Waals surface area contributed by atoms with E-state index in [4.69, 9.17) is 14.5 Å². The predicted octanol–water partition coefficient (Wildman–Crippen LogP) is 12.6. The Kier molecular flexibility index (Phi) is 7.17. The van der Waals surface area contributed by atoms with E-state index in [0.29, 0.717) is 5.75 Å². The molecule has 11 rings (SSSR count). The summed E-state index contributed by atoms with van der Waals surface area (Å²) < 4.78 is 15.7. The number of ether oxygens (including phenoxy) is 2. The molecule has 9 aromatic rings. The molecule has 0 bridgehead atoms. The molecule has 260 valence electrons. The number of para-hydroxylation sites is 1. The first kappa shape index (κ1) is 31.2. The number of benzene rings is 8. The highest BCUT2D eigenvalue weighted by molar-refractivity contribution is 6.13. The van der Waals surface area contributed by atoms with Gasteiger partial charge < -0.3 is 19.4 Å². The zero-order valence-corrected chi connectivity index (χ0v) is 29.7. The molecular formula is C50H33N3O2. The highest BCUT2D eigenvalue weighted by Gasteiger charge is 2.27. The molecule has 0 aliphatic carbocycles. The summed E-state index contributed by atoms with van der Waals surface area (Å²) >= 11 is 0. The molecule has 1 unspecified atom stereocenters. The van der Waals surface area contributed by atoms with Gasteiger partial charge in [-0.25, -0.2) is 0 Å². The second-order valence-corrected chi connectivity index (χ2v) is 14.0. The number of nitrogens with one attached hydrogen (secondary N) is 1. The Hall–Kier alpha value is -7.37. The number of rotatable bonds is 5. The van der Waals surface area contributed by atoms with Crippen LogP contribution in [0.5, 0.6) is 23.0 Å². The van der Waals surface area contributed by atoms with Crippen molar-refractivity contribution in [1.82, 2.24) is 9.88 Å². The first-order valence-electron chi connectivity index (χ1n) is 18.6. The van der Waals surface area contributed by atoms with Crippen molar-refractivity contribution in [1.29, 1.82) is 0 Å². The van der Waals surface area contributed by atoms with Crippen molar-refractivity contribution < 1.29 is 9.47 Å². The van der Waals surface area contributed by atoms with Crippen LogP contribution in [0.4, 0.5) is 0 Å². The third-order valence-electron chi connectivity index (χ3n) is 10.7. The van der Waals surface area contributed by atoms with Gasteiger partial charge in [0.1, 0.15) is 11.7 Å². The maximum absolute atomic E-state index is 6.85. The number of nitrogens with zero attached hydrogens (tertiary/aromatic N) is 2. The van der Waals surface area contributed by atoms with Gasteiger partial charge in [-0.05, 0) is 75.7 Å². The summed E-state index contributed by atoms with van der Waals surface area (Å²) in [5.74, 6) is 2.89. The SMILES string of the molecule is C1=C(c2ccc(-c3ccc(-n4c5ccccc5c5ccc6c(c54)Oc4c(ccc5ccccc45)O6)cc3)cc2)NC(c2ccccc2)N=C1c1ccccc1. The van der Waals surface area contributed by atoms with E-state index < -0.39 is 0 Å². The van der Waals surface area contributed by atoms with Crippen molar-refractivity contribution in [2.45, 2.75) is 6.17 Å². The molecule has 0 radical (unpaired) electrons. The quantitative estimate of drug-likeness (QED) is 0.194. The van der Waals surface area contributed by atoms with E-state index in [-0.39, 0.29) is 6.17 Å². The molecule has 2 aliphatic heterocycles. The van der Waals surface area contributed by atoms with Crippen LogP contribution in [0.15, 0.2) is 193 Å². The van der Waals surface area contributed by atoms with E-state index in [1.54, 1.807) is 0 Å². The first-order chi connectivity index (χ1) is 27.2. The zero-order valence-electron chi connectivity index (χ0n) is 29.7. The molecule has 0 saturated heterocycles. The van der Waals surface area contributed by atoms with Crippen molar-refractivity contribution >= 4 is 44.0 Å². The molecule has 0 saturated carbocycles. The highest BCUT2D eigenvalue weighted by atomic mass is 16.6. The molecule has 1 atom stereocenters. The van der Waals surface area contributed by atoms with Crippen molar-refractivity contribution in [3.63, 3.8) is 0 Å². The molecule has 0 fully saturated rings. The second-order valence-electron chi connectivity index (χ2n) is 14.0. The summed E-state index contributed by atoms with van der Waals surface area (Å²) in [5, 5.41) is 8.09. The molecular weight excluding hydrogens is 675 g/mol. The third-order valence-corrected chi connectivity index (χ3v) is 10.7. The van der Waals surface area contributed by atoms with Crippen LogP contribution in [0.2, 0.25) is 0 Å². The van der Waals surface area contributed by atoms with Crippen LogP contribution in [0.1, 0.15) is 22.9 Å². The van der Waals surface area contributed by atoms with Gasteiger partial charge in [0.25, 0.3) is 0 Å². The fraction of sp³-hybridized carbons (Fsp3) is 0.0200. The van der Waals surface area contributed by atoms with Crippen molar-refractivity contribution in [3.8, 4) is 39.8 Å². The van der Waals surface area contributed by atoms with Crippen molar-refractivity contribution in [2.75, 3.05) is 0 Å². The van der Waals surface area contributed by atoms with Crippen LogP contribution in [0.25, 0.3) is 55.1 Å². The number of aliphatic imine (C=N–C) groups is 1. The van der Waals surface area contributed by atoms with Gasteiger partial charge in [-0.3, -0.25) is 4.99 Å². The number of hydrogen-bond acceptors (Lipinski definition) is 4. The second kappa shape index (κ2) is 12.6. The molecule has 0 spiro atoms. The van der Waals surface area contributed by atoms with E-state index in [1.165, 1.54) is 0 Å². The third kappa shape index (κ3) is 5.28. The molecule has 1 aromatic heterocycles. The average Bonchev–Trinajstić information content (AvgIpc) is 3.61. The fourth-order valence-electron chi connectivity index (χ4n) is 7.99. The molecule has 55 heavy (non-hydrogen) atoms. The summed E-state index contributed by atoms with van der Waals surface area (Å²) in [6.45, 7) is 0. The van der Waals surface area contributed by atoms with Gasteiger partial charge in [-0.2, -0.15) is 0 Å². The molecule has 5 nitrogen and oxygen atoms in total. The van der Waals surface area contributed by atoms with Gasteiger partial charge in [0.05, 0.1) is 11.2 Å². The zero-order chi connectivity index (χ0) is 36.3. The Bertz CT molecular complexity index is 2980. The molecule has 5 heteroatoms. The van der Waals surface area contributed by atoms with Crippen LogP contribution in [0.3, 0.4) is 0 Å². The number of fused-ring (bicyclic) bond motifs is 8. The van der Waals surface area contributed by atoms with E-state index >= 15 is 0 Å². The van der Waals surface area contributed by atoms with Crippen LogP contribution in [0, 0.1) is 0 Å². The summed E-state index contributed by atoms with van der Waals surface area (Å²) in [6.07, 6.45) is 1.97. The van der Waals surface area contributed by atoms with E-state index in [0.717, 1.165) is 94.7 Å². The summed E-state index contributed by atoms with van der Waals surface area (Å²) in [4.78, 5) is 5.09. The van der Waals surface area contributed by atoms with Crippen LogP contribution < -0.4 is 14.8 Å². The lowest BCUT2D eigenvalue weighted by Gasteiger charge is -2.25. The molecule has 0 amide bonds. The Labute approximate surface area is 318 Å². The average molecular weight is 708 g/mol. The summed E-state index contributed by atoms with van der Waals surface area (Å²) in [6, 6.07) is 63.4. The van der Waals surface area contributed by atoms with Crippen molar-refractivity contribution in [3.05, 3.63) is 205 Å². The molecule has 1 N–H and O–H groups in total. The predicted molar refractivity (Wildman–Crippen MR) is 224 cm³/mol. The monoisotopic (exact) mass is 707 g/mol. The van der Waals surface area contributed by atoms with Crippen LogP contribution >= 0.6 is 0 Å². The minimum absolute atomic E-state index is 0.180. The minimum Gasteiger partial charge on any atom is -0.449 e. The van der Waals surface area contributed by atoms with Gasteiger partial charge in [0, 0.05) is 27.5 Å². The van der Waals surface area contributed by atoms with Crippen LogP contribution in [-0.4, -0.2) is 10.3 Å². The maximum Gasteiger partial charge on any atom is 0.194 e. The smallest absolute Gasteiger partial charge is 0.194 e. The van der Waals surface area contributed by atoms with Gasteiger partial charge in [-0.15, -0.1) is 0 Å². The normalized spacial score (nSPS) is 14.7. The summed E-state index contributed by atoms with van der Waals surface area (Å²) in [7, 11) is 0. The number of hydrogen-bond donors (Lipinski definition) is 1. The van der Waals surface area contributed by atoms with E-state index in [1.807, 2.05) is 36.4 Å². The van der Waals surface area contributed by atoms with E-state index in [9.17, 15) is 0 Å². The van der Waals surface area contributed by atoms with Gasteiger partial charge >= 0.3 is 0 Å². The van der Waals surface area contributed by atoms with Gasteiger partial charge in [0.2, 0.25) is 0 Å². The van der Waals surface area contributed by atoms with Crippen LogP contribution in [-0.2, 0) is 0 Å². The van der Waals surface area contributed by atoms with Crippen molar-refractivity contribution in [2.24, 2.45) is 4.99 Å². The molecule has 3 heterocycles. The minimum atomic E-state index is -0.180. The Morgan fingerprint density at radius 2 is 1.11 bits per heavy atom. The lowest BCUT2D eigenvalue weighted by molar-refractivity contribution is 0.366. The Balaban J connectivity index is 0.950.